The fourth-order valence-electron chi connectivity index (χ4n) is 2.42. The van der Waals surface area contributed by atoms with E-state index in [4.69, 9.17) is 11.6 Å². The number of benzene rings is 1. The molecule has 1 saturated heterocycles. The number of nitrogens with one attached hydrogen (secondary N) is 2. The van der Waals surface area contributed by atoms with E-state index in [1.807, 2.05) is 18.2 Å². The van der Waals surface area contributed by atoms with Gasteiger partial charge in [0.25, 0.3) is 0 Å². The Hall–Kier alpha value is -1.03. The van der Waals surface area contributed by atoms with Gasteiger partial charge in [-0.05, 0) is 43.1 Å². The van der Waals surface area contributed by atoms with Crippen LogP contribution < -0.4 is 10.6 Å². The summed E-state index contributed by atoms with van der Waals surface area (Å²) in [7, 11) is 0. The van der Waals surface area contributed by atoms with Gasteiger partial charge in [0.1, 0.15) is 0 Å². The molecule has 1 atom stereocenters. The smallest absolute Gasteiger partial charge is 0.0457 e. The summed E-state index contributed by atoms with van der Waals surface area (Å²) >= 11 is 7.80. The van der Waals surface area contributed by atoms with E-state index in [9.17, 15) is 0 Å². The van der Waals surface area contributed by atoms with E-state index in [2.05, 4.69) is 28.1 Å². The quantitative estimate of drug-likeness (QED) is 0.884. The van der Waals surface area contributed by atoms with Crippen molar-refractivity contribution in [2.24, 2.45) is 0 Å². The van der Waals surface area contributed by atoms with Gasteiger partial charge < -0.3 is 10.6 Å². The van der Waals surface area contributed by atoms with Crippen molar-refractivity contribution in [3.05, 3.63) is 40.7 Å². The lowest BCUT2D eigenvalue weighted by Crippen LogP contribution is -2.38. The molecule has 19 heavy (non-hydrogen) atoms. The molecule has 2 nitrogen and oxygen atoms in total. The summed E-state index contributed by atoms with van der Waals surface area (Å²) in [5.41, 5.74) is 2.40. The Kier molecular flexibility index (Phi) is 4.06. The molecule has 1 aliphatic rings. The molecule has 2 aromatic rings. The minimum atomic E-state index is 0.551. The minimum absolute atomic E-state index is 0.551. The molecule has 3 rings (SSSR count). The second-order valence-corrected chi connectivity index (χ2v) is 6.25. The van der Waals surface area contributed by atoms with Gasteiger partial charge in [-0.1, -0.05) is 23.7 Å². The maximum Gasteiger partial charge on any atom is 0.0457 e. The Labute approximate surface area is 122 Å². The topological polar surface area (TPSA) is 24.1 Å². The monoisotopic (exact) mass is 292 g/mol. The SMILES string of the molecule is Clc1cccc(-c2cc(NC3CCCNC3)cs2)c1. The van der Waals surface area contributed by atoms with Crippen LogP contribution in [0.4, 0.5) is 5.69 Å². The number of thiophene rings is 1. The molecule has 1 fully saturated rings. The third-order valence-electron chi connectivity index (χ3n) is 3.38. The second-order valence-electron chi connectivity index (χ2n) is 4.90. The second kappa shape index (κ2) is 5.95. The molecule has 2 N–H and O–H groups in total. The first kappa shape index (κ1) is 13.0. The van der Waals surface area contributed by atoms with Crippen molar-refractivity contribution < 1.29 is 0 Å². The lowest BCUT2D eigenvalue weighted by Gasteiger charge is -2.24. The van der Waals surface area contributed by atoms with Crippen molar-refractivity contribution in [2.75, 3.05) is 18.4 Å². The molecule has 4 heteroatoms. The standard InChI is InChI=1S/C15H17ClN2S/c16-12-4-1-3-11(7-12)15-8-14(10-19-15)18-13-5-2-6-17-9-13/h1,3-4,7-8,10,13,17-18H,2,5-6,9H2. The Morgan fingerprint density at radius 2 is 2.26 bits per heavy atom. The largest absolute Gasteiger partial charge is 0.380 e. The Bertz CT molecular complexity index is 547. The molecule has 0 amide bonds. The lowest BCUT2D eigenvalue weighted by molar-refractivity contribution is 0.480. The first-order chi connectivity index (χ1) is 9.31. The molecular weight excluding hydrogens is 276 g/mol. The average molecular weight is 293 g/mol. The molecule has 1 aromatic heterocycles. The van der Waals surface area contributed by atoms with Crippen LogP contribution in [0.1, 0.15) is 12.8 Å². The molecule has 2 heterocycles. The summed E-state index contributed by atoms with van der Waals surface area (Å²) in [5.74, 6) is 0. The predicted octanol–water partition coefficient (Wildman–Crippen LogP) is 4.23. The molecule has 1 aromatic carbocycles. The van der Waals surface area contributed by atoms with Gasteiger partial charge in [0, 0.05) is 33.6 Å². The van der Waals surface area contributed by atoms with Crippen LogP contribution in [0.2, 0.25) is 5.02 Å². The Balaban J connectivity index is 1.72. The number of anilines is 1. The van der Waals surface area contributed by atoms with E-state index >= 15 is 0 Å². The van der Waals surface area contributed by atoms with Gasteiger partial charge in [-0.15, -0.1) is 11.3 Å². The molecule has 1 unspecified atom stereocenters. The Morgan fingerprint density at radius 1 is 1.32 bits per heavy atom. The average Bonchev–Trinajstić information content (AvgIpc) is 2.88. The van der Waals surface area contributed by atoms with Crippen molar-refractivity contribution >= 4 is 28.6 Å². The van der Waals surface area contributed by atoms with E-state index in [-0.39, 0.29) is 0 Å². The third-order valence-corrected chi connectivity index (χ3v) is 4.59. The van der Waals surface area contributed by atoms with Crippen molar-refractivity contribution in [3.8, 4) is 10.4 Å². The highest BCUT2D eigenvalue weighted by Gasteiger charge is 2.13. The van der Waals surface area contributed by atoms with Crippen molar-refractivity contribution in [2.45, 2.75) is 18.9 Å². The predicted molar refractivity (Wildman–Crippen MR) is 84.3 cm³/mol. The minimum Gasteiger partial charge on any atom is -0.380 e. The first-order valence-electron chi connectivity index (χ1n) is 6.63. The van der Waals surface area contributed by atoms with E-state index in [0.29, 0.717) is 6.04 Å². The van der Waals surface area contributed by atoms with Gasteiger partial charge in [0.2, 0.25) is 0 Å². The van der Waals surface area contributed by atoms with Gasteiger partial charge in [-0.25, -0.2) is 0 Å². The highest BCUT2D eigenvalue weighted by molar-refractivity contribution is 7.14. The van der Waals surface area contributed by atoms with Gasteiger partial charge in [0.05, 0.1) is 0 Å². The van der Waals surface area contributed by atoms with Gasteiger partial charge in [-0.2, -0.15) is 0 Å². The van der Waals surface area contributed by atoms with E-state index < -0.39 is 0 Å². The number of hydrogen-bond donors (Lipinski definition) is 2. The summed E-state index contributed by atoms with van der Waals surface area (Å²) in [4.78, 5) is 1.26. The number of halogens is 1. The van der Waals surface area contributed by atoms with Crippen molar-refractivity contribution in [1.29, 1.82) is 0 Å². The van der Waals surface area contributed by atoms with Crippen LogP contribution in [0.5, 0.6) is 0 Å². The van der Waals surface area contributed by atoms with E-state index in [1.54, 1.807) is 11.3 Å². The molecule has 1 aliphatic heterocycles. The normalized spacial score (nSPS) is 19.3. The fraction of sp³-hybridized carbons (Fsp3) is 0.333. The molecule has 0 bridgehead atoms. The maximum atomic E-state index is 6.04. The fourth-order valence-corrected chi connectivity index (χ4v) is 3.45. The summed E-state index contributed by atoms with van der Waals surface area (Å²) < 4.78 is 0. The van der Waals surface area contributed by atoms with Crippen molar-refractivity contribution in [1.82, 2.24) is 5.32 Å². The molecule has 0 spiro atoms. The van der Waals surface area contributed by atoms with Gasteiger partial charge in [0.15, 0.2) is 0 Å². The van der Waals surface area contributed by atoms with Crippen LogP contribution in [0.25, 0.3) is 10.4 Å². The summed E-state index contributed by atoms with van der Waals surface area (Å²) in [5, 5.41) is 10.00. The van der Waals surface area contributed by atoms with Crippen LogP contribution in [-0.2, 0) is 0 Å². The summed E-state index contributed by atoms with van der Waals surface area (Å²) in [6, 6.07) is 10.8. The highest BCUT2D eigenvalue weighted by Crippen LogP contribution is 2.31. The summed E-state index contributed by atoms with van der Waals surface area (Å²) in [6.45, 7) is 2.21. The van der Waals surface area contributed by atoms with Crippen LogP contribution in [0.15, 0.2) is 35.7 Å². The Morgan fingerprint density at radius 3 is 3.05 bits per heavy atom. The third kappa shape index (κ3) is 3.30. The first-order valence-corrected chi connectivity index (χ1v) is 7.89. The molecular formula is C15H17ClN2S. The molecule has 100 valence electrons. The molecule has 0 aliphatic carbocycles. The van der Waals surface area contributed by atoms with E-state index in [1.165, 1.54) is 29.0 Å². The summed E-state index contributed by atoms with van der Waals surface area (Å²) in [6.07, 6.45) is 2.50. The number of hydrogen-bond acceptors (Lipinski definition) is 3. The highest BCUT2D eigenvalue weighted by atomic mass is 35.5. The van der Waals surface area contributed by atoms with Crippen LogP contribution in [-0.4, -0.2) is 19.1 Å². The van der Waals surface area contributed by atoms with Crippen LogP contribution >= 0.6 is 22.9 Å². The molecule has 0 radical (unpaired) electrons. The van der Waals surface area contributed by atoms with Gasteiger partial charge >= 0.3 is 0 Å². The van der Waals surface area contributed by atoms with Crippen LogP contribution in [0.3, 0.4) is 0 Å². The van der Waals surface area contributed by atoms with E-state index in [0.717, 1.165) is 18.1 Å². The zero-order chi connectivity index (χ0) is 13.1. The lowest BCUT2D eigenvalue weighted by atomic mass is 10.1. The van der Waals surface area contributed by atoms with Crippen molar-refractivity contribution in [3.63, 3.8) is 0 Å². The number of rotatable bonds is 3. The maximum absolute atomic E-state index is 6.04. The molecule has 0 saturated carbocycles. The van der Waals surface area contributed by atoms with Crippen LogP contribution in [0, 0.1) is 0 Å². The zero-order valence-electron chi connectivity index (χ0n) is 10.7. The zero-order valence-corrected chi connectivity index (χ0v) is 12.2. The number of piperidine rings is 1. The van der Waals surface area contributed by atoms with Gasteiger partial charge in [-0.3, -0.25) is 0 Å².